The van der Waals surface area contributed by atoms with Gasteiger partial charge >= 0.3 is 0 Å². The maximum atomic E-state index is 2.39. The molecule has 0 saturated heterocycles. The summed E-state index contributed by atoms with van der Waals surface area (Å²) < 4.78 is 2.39. The lowest BCUT2D eigenvalue weighted by Gasteiger charge is -2.12. The number of nitrogens with zero attached hydrogens (tertiary/aromatic N) is 1. The summed E-state index contributed by atoms with van der Waals surface area (Å²) in [5.41, 5.74) is 6.47. The smallest absolute Gasteiger partial charge is 0.0572 e. The molecule has 0 saturated carbocycles. The fraction of sp³-hybridized carbons (Fsp3) is 0.0909. The van der Waals surface area contributed by atoms with Crippen molar-refractivity contribution in [3.63, 3.8) is 0 Å². The van der Waals surface area contributed by atoms with Crippen LogP contribution in [0.3, 0.4) is 0 Å². The van der Waals surface area contributed by atoms with E-state index in [1.807, 2.05) is 0 Å². The summed E-state index contributed by atoms with van der Waals surface area (Å²) in [6, 6.07) is 30.0. The van der Waals surface area contributed by atoms with E-state index < -0.39 is 0 Å². The zero-order valence-corrected chi connectivity index (χ0v) is 13.2. The SMILES string of the molecule is CCc1c(-c2ccccc2)n(-c2ccccc2)c2ccccc12. The third kappa shape index (κ3) is 2.25. The Morgan fingerprint density at radius 1 is 0.696 bits per heavy atom. The molecule has 0 aliphatic carbocycles. The van der Waals surface area contributed by atoms with Crippen molar-refractivity contribution in [2.75, 3.05) is 0 Å². The monoisotopic (exact) mass is 297 g/mol. The molecule has 1 nitrogen and oxygen atoms in total. The van der Waals surface area contributed by atoms with Gasteiger partial charge in [-0.15, -0.1) is 0 Å². The highest BCUT2D eigenvalue weighted by molar-refractivity contribution is 5.93. The van der Waals surface area contributed by atoms with Crippen LogP contribution in [0.1, 0.15) is 12.5 Å². The largest absolute Gasteiger partial charge is 0.309 e. The molecule has 4 aromatic rings. The van der Waals surface area contributed by atoms with Crippen molar-refractivity contribution in [1.29, 1.82) is 0 Å². The maximum Gasteiger partial charge on any atom is 0.0572 e. The molecule has 0 N–H and O–H groups in total. The fourth-order valence-electron chi connectivity index (χ4n) is 3.41. The Kier molecular flexibility index (Phi) is 3.47. The summed E-state index contributed by atoms with van der Waals surface area (Å²) in [6.45, 7) is 2.24. The van der Waals surface area contributed by atoms with Crippen LogP contribution < -0.4 is 0 Å². The van der Waals surface area contributed by atoms with Crippen molar-refractivity contribution >= 4 is 10.9 Å². The lowest BCUT2D eigenvalue weighted by Crippen LogP contribution is -1.97. The Hall–Kier alpha value is -2.80. The van der Waals surface area contributed by atoms with Gasteiger partial charge in [-0.3, -0.25) is 0 Å². The number of hydrogen-bond donors (Lipinski definition) is 0. The van der Waals surface area contributed by atoms with E-state index in [0.29, 0.717) is 0 Å². The molecule has 0 radical (unpaired) electrons. The molecule has 4 rings (SSSR count). The van der Waals surface area contributed by atoms with Crippen LogP contribution in [-0.2, 0) is 6.42 Å². The number of aryl methyl sites for hydroxylation is 1. The van der Waals surface area contributed by atoms with Crippen molar-refractivity contribution in [3.8, 4) is 16.9 Å². The summed E-state index contributed by atoms with van der Waals surface area (Å²) in [6.07, 6.45) is 1.02. The minimum Gasteiger partial charge on any atom is -0.309 e. The Morgan fingerprint density at radius 2 is 1.30 bits per heavy atom. The second-order valence-corrected chi connectivity index (χ2v) is 5.73. The van der Waals surface area contributed by atoms with Crippen molar-refractivity contribution < 1.29 is 0 Å². The van der Waals surface area contributed by atoms with Crippen LogP contribution in [0.25, 0.3) is 27.8 Å². The summed E-state index contributed by atoms with van der Waals surface area (Å²) >= 11 is 0. The lowest BCUT2D eigenvalue weighted by molar-refractivity contribution is 1.09. The molecule has 0 aliphatic rings. The van der Waals surface area contributed by atoms with Gasteiger partial charge in [0.25, 0.3) is 0 Å². The van der Waals surface area contributed by atoms with E-state index in [1.165, 1.54) is 33.4 Å². The van der Waals surface area contributed by atoms with Crippen LogP contribution in [0.5, 0.6) is 0 Å². The molecule has 1 heterocycles. The van der Waals surface area contributed by atoms with Crippen LogP contribution in [0.2, 0.25) is 0 Å². The van der Waals surface area contributed by atoms with Crippen LogP contribution in [0.4, 0.5) is 0 Å². The van der Waals surface area contributed by atoms with E-state index in [0.717, 1.165) is 6.42 Å². The molecule has 0 unspecified atom stereocenters. The summed E-state index contributed by atoms with van der Waals surface area (Å²) in [4.78, 5) is 0. The van der Waals surface area contributed by atoms with Crippen molar-refractivity contribution in [2.24, 2.45) is 0 Å². The second-order valence-electron chi connectivity index (χ2n) is 5.73. The summed E-state index contributed by atoms with van der Waals surface area (Å²) in [5.74, 6) is 0. The molecular formula is C22H19N. The van der Waals surface area contributed by atoms with Gasteiger partial charge in [0.2, 0.25) is 0 Å². The Bertz CT molecular complexity index is 934. The van der Waals surface area contributed by atoms with E-state index >= 15 is 0 Å². The van der Waals surface area contributed by atoms with E-state index in [2.05, 4.69) is 96.4 Å². The summed E-state index contributed by atoms with van der Waals surface area (Å²) in [5, 5.41) is 1.35. The molecule has 0 amide bonds. The Labute approximate surface area is 136 Å². The van der Waals surface area contributed by atoms with Gasteiger partial charge in [0.15, 0.2) is 0 Å². The van der Waals surface area contributed by atoms with Crippen LogP contribution in [0, 0.1) is 0 Å². The van der Waals surface area contributed by atoms with Crippen molar-refractivity contribution in [3.05, 3.63) is 90.5 Å². The number of benzene rings is 3. The third-order valence-corrected chi connectivity index (χ3v) is 4.39. The average Bonchev–Trinajstić information content (AvgIpc) is 2.97. The highest BCUT2D eigenvalue weighted by Gasteiger charge is 2.17. The van der Waals surface area contributed by atoms with Crippen LogP contribution in [-0.4, -0.2) is 4.57 Å². The molecular weight excluding hydrogens is 278 g/mol. The molecule has 0 atom stereocenters. The highest BCUT2D eigenvalue weighted by atomic mass is 15.0. The van der Waals surface area contributed by atoms with Gasteiger partial charge in [0.1, 0.15) is 0 Å². The zero-order chi connectivity index (χ0) is 15.6. The van der Waals surface area contributed by atoms with E-state index in [1.54, 1.807) is 0 Å². The summed E-state index contributed by atoms with van der Waals surface area (Å²) in [7, 11) is 0. The van der Waals surface area contributed by atoms with E-state index in [4.69, 9.17) is 0 Å². The van der Waals surface area contributed by atoms with Crippen LogP contribution >= 0.6 is 0 Å². The average molecular weight is 297 g/mol. The van der Waals surface area contributed by atoms with Gasteiger partial charge in [0, 0.05) is 11.1 Å². The first-order chi connectivity index (χ1) is 11.4. The lowest BCUT2D eigenvalue weighted by atomic mass is 10.0. The molecule has 0 bridgehead atoms. The fourth-order valence-corrected chi connectivity index (χ4v) is 3.41. The molecule has 0 aliphatic heterocycles. The topological polar surface area (TPSA) is 4.93 Å². The molecule has 1 heteroatoms. The minimum absolute atomic E-state index is 1.02. The Morgan fingerprint density at radius 3 is 2.00 bits per heavy atom. The predicted octanol–water partition coefficient (Wildman–Crippen LogP) is 5.86. The minimum atomic E-state index is 1.02. The zero-order valence-electron chi connectivity index (χ0n) is 13.2. The molecule has 112 valence electrons. The maximum absolute atomic E-state index is 2.39. The predicted molar refractivity (Wildman–Crippen MR) is 98.1 cm³/mol. The molecule has 0 fully saturated rings. The normalized spacial score (nSPS) is 11.0. The quantitative estimate of drug-likeness (QED) is 0.446. The van der Waals surface area contributed by atoms with E-state index in [9.17, 15) is 0 Å². The number of para-hydroxylation sites is 2. The number of fused-ring (bicyclic) bond motifs is 1. The third-order valence-electron chi connectivity index (χ3n) is 4.39. The first-order valence-electron chi connectivity index (χ1n) is 8.13. The standard InChI is InChI=1S/C22H19N/c1-2-19-20-15-9-10-16-21(20)23(18-13-7-4-8-14-18)22(19)17-11-5-3-6-12-17/h3-16H,2H2,1H3. The Balaban J connectivity index is 2.15. The van der Waals surface area contributed by atoms with Gasteiger partial charge in [-0.1, -0.05) is 73.7 Å². The molecule has 0 spiro atoms. The molecule has 3 aromatic carbocycles. The molecule has 23 heavy (non-hydrogen) atoms. The van der Waals surface area contributed by atoms with E-state index in [-0.39, 0.29) is 0 Å². The van der Waals surface area contributed by atoms with Crippen molar-refractivity contribution in [1.82, 2.24) is 4.57 Å². The van der Waals surface area contributed by atoms with Gasteiger partial charge < -0.3 is 4.57 Å². The van der Waals surface area contributed by atoms with Gasteiger partial charge in [-0.25, -0.2) is 0 Å². The molecule has 1 aromatic heterocycles. The number of hydrogen-bond acceptors (Lipinski definition) is 0. The van der Waals surface area contributed by atoms with Gasteiger partial charge in [0.05, 0.1) is 11.2 Å². The van der Waals surface area contributed by atoms with Gasteiger partial charge in [-0.05, 0) is 35.7 Å². The van der Waals surface area contributed by atoms with Gasteiger partial charge in [-0.2, -0.15) is 0 Å². The van der Waals surface area contributed by atoms with Crippen molar-refractivity contribution in [2.45, 2.75) is 13.3 Å². The number of rotatable bonds is 3. The first-order valence-corrected chi connectivity index (χ1v) is 8.13. The first kappa shape index (κ1) is 13.8. The van der Waals surface area contributed by atoms with Crippen LogP contribution in [0.15, 0.2) is 84.9 Å². The second kappa shape index (κ2) is 5.77. The highest BCUT2D eigenvalue weighted by Crippen LogP contribution is 2.36. The number of aromatic nitrogens is 1.